The monoisotopic (exact) mass is 358 g/mol. The topological polar surface area (TPSA) is 47.6 Å². The van der Waals surface area contributed by atoms with Crippen LogP contribution in [0.25, 0.3) is 0 Å². The van der Waals surface area contributed by atoms with Gasteiger partial charge in [-0.1, -0.05) is 31.0 Å². The number of likely N-dealkylation sites (tertiary alicyclic amines) is 1. The van der Waals surface area contributed by atoms with Crippen molar-refractivity contribution in [3.05, 3.63) is 30.3 Å². The van der Waals surface area contributed by atoms with Crippen molar-refractivity contribution in [1.82, 2.24) is 15.5 Å². The van der Waals surface area contributed by atoms with Gasteiger partial charge < -0.3 is 20.4 Å². The molecule has 0 spiro atoms. The number of anilines is 1. The maximum Gasteiger partial charge on any atom is 0.314 e. The van der Waals surface area contributed by atoms with Gasteiger partial charge in [-0.05, 0) is 63.4 Å². The van der Waals surface area contributed by atoms with E-state index in [9.17, 15) is 4.79 Å². The van der Waals surface area contributed by atoms with E-state index in [0.717, 1.165) is 45.6 Å². The number of hydrogen-bond donors (Lipinski definition) is 2. The summed E-state index contributed by atoms with van der Waals surface area (Å²) in [5.41, 5.74) is 1.29. The van der Waals surface area contributed by atoms with Crippen LogP contribution in [0, 0.1) is 5.92 Å². The number of benzene rings is 1. The lowest BCUT2D eigenvalue weighted by Gasteiger charge is -2.20. The molecule has 3 rings (SSSR count). The van der Waals surface area contributed by atoms with E-state index in [0.29, 0.717) is 5.92 Å². The van der Waals surface area contributed by atoms with Gasteiger partial charge in [-0.25, -0.2) is 4.79 Å². The molecule has 5 heteroatoms. The van der Waals surface area contributed by atoms with E-state index < -0.39 is 0 Å². The van der Waals surface area contributed by atoms with Crippen molar-refractivity contribution in [3.8, 4) is 0 Å². The van der Waals surface area contributed by atoms with E-state index in [1.807, 2.05) is 0 Å². The van der Waals surface area contributed by atoms with Crippen molar-refractivity contribution in [1.29, 1.82) is 0 Å². The van der Waals surface area contributed by atoms with E-state index >= 15 is 0 Å². The molecule has 26 heavy (non-hydrogen) atoms. The minimum Gasteiger partial charge on any atom is -0.371 e. The first-order valence-corrected chi connectivity index (χ1v) is 10.4. The van der Waals surface area contributed by atoms with Crippen LogP contribution < -0.4 is 15.5 Å². The zero-order chi connectivity index (χ0) is 18.0. The van der Waals surface area contributed by atoms with E-state index in [4.69, 9.17) is 0 Å². The smallest absolute Gasteiger partial charge is 0.314 e. The molecular formula is C21H34N4O. The second-order valence-corrected chi connectivity index (χ2v) is 7.68. The molecule has 2 aliphatic rings. The predicted molar refractivity (Wildman–Crippen MR) is 108 cm³/mol. The second-order valence-electron chi connectivity index (χ2n) is 7.68. The van der Waals surface area contributed by atoms with Crippen molar-refractivity contribution in [2.45, 2.75) is 38.5 Å². The molecule has 2 fully saturated rings. The molecule has 1 aromatic carbocycles. The van der Waals surface area contributed by atoms with Gasteiger partial charge in [-0.3, -0.25) is 0 Å². The lowest BCUT2D eigenvalue weighted by molar-refractivity contribution is 0.237. The van der Waals surface area contributed by atoms with Crippen LogP contribution in [0.3, 0.4) is 0 Å². The molecule has 0 aliphatic carbocycles. The second kappa shape index (κ2) is 10.4. The molecule has 144 valence electrons. The summed E-state index contributed by atoms with van der Waals surface area (Å²) < 4.78 is 0. The van der Waals surface area contributed by atoms with Gasteiger partial charge in [0.05, 0.1) is 0 Å². The van der Waals surface area contributed by atoms with Gasteiger partial charge in [0.25, 0.3) is 0 Å². The molecule has 1 atom stereocenters. The first-order chi connectivity index (χ1) is 12.8. The maximum atomic E-state index is 12.0. The Bertz CT molecular complexity index is 528. The number of nitrogens with one attached hydrogen (secondary N) is 2. The SMILES string of the molecule is O=C(NCCCN1CCCCCC1)NCC1CCN(c2ccccc2)C1. The van der Waals surface area contributed by atoms with Gasteiger partial charge in [0.1, 0.15) is 0 Å². The standard InChI is InChI=1S/C21H34N4O/c26-21(22-12-8-15-24-13-6-1-2-7-14-24)23-17-19-11-16-25(18-19)20-9-4-3-5-10-20/h3-5,9-10,19H,1-2,6-8,11-18H2,(H2,22,23,26). The molecule has 2 amide bonds. The fourth-order valence-corrected chi connectivity index (χ4v) is 4.04. The molecule has 2 saturated heterocycles. The van der Waals surface area contributed by atoms with Crippen molar-refractivity contribution < 1.29 is 4.79 Å². The van der Waals surface area contributed by atoms with Crippen molar-refractivity contribution in [3.63, 3.8) is 0 Å². The van der Waals surface area contributed by atoms with Gasteiger partial charge in [-0.2, -0.15) is 0 Å². The summed E-state index contributed by atoms with van der Waals surface area (Å²) in [4.78, 5) is 17.0. The average Bonchev–Trinajstić information content (AvgIpc) is 3.00. The Morgan fingerprint density at radius 2 is 1.77 bits per heavy atom. The molecule has 1 unspecified atom stereocenters. The maximum absolute atomic E-state index is 12.0. The van der Waals surface area contributed by atoms with E-state index in [2.05, 4.69) is 50.8 Å². The molecule has 0 bridgehead atoms. The van der Waals surface area contributed by atoms with E-state index in [1.54, 1.807) is 0 Å². The van der Waals surface area contributed by atoms with Crippen LogP contribution in [0.15, 0.2) is 30.3 Å². The number of amides is 2. The predicted octanol–water partition coefficient (Wildman–Crippen LogP) is 3.08. The highest BCUT2D eigenvalue weighted by Crippen LogP contribution is 2.22. The Balaban J connectivity index is 1.25. The molecule has 0 saturated carbocycles. The summed E-state index contributed by atoms with van der Waals surface area (Å²) in [6.45, 7) is 7.20. The summed E-state index contributed by atoms with van der Waals surface area (Å²) in [7, 11) is 0. The third-order valence-corrected chi connectivity index (χ3v) is 5.59. The zero-order valence-electron chi connectivity index (χ0n) is 16.0. The van der Waals surface area contributed by atoms with Crippen molar-refractivity contribution in [2.75, 3.05) is 50.7 Å². The number of carbonyl (C=O) groups is 1. The van der Waals surface area contributed by atoms with Gasteiger partial charge in [0.15, 0.2) is 0 Å². The number of rotatable bonds is 7. The fourth-order valence-electron chi connectivity index (χ4n) is 4.04. The number of urea groups is 1. The van der Waals surface area contributed by atoms with Gasteiger partial charge in [0.2, 0.25) is 0 Å². The molecule has 2 aliphatic heterocycles. The summed E-state index contributed by atoms with van der Waals surface area (Å²) in [6.07, 6.45) is 7.59. The summed E-state index contributed by atoms with van der Waals surface area (Å²) in [5, 5.41) is 6.07. The zero-order valence-corrected chi connectivity index (χ0v) is 16.0. The Labute approximate surface area is 158 Å². The van der Waals surface area contributed by atoms with Crippen LogP contribution in [0.4, 0.5) is 10.5 Å². The summed E-state index contributed by atoms with van der Waals surface area (Å²) in [6, 6.07) is 10.5. The number of para-hydroxylation sites is 1. The van der Waals surface area contributed by atoms with Crippen LogP contribution in [-0.2, 0) is 0 Å². The molecule has 5 nitrogen and oxygen atoms in total. The van der Waals surface area contributed by atoms with Crippen LogP contribution in [0.1, 0.15) is 38.5 Å². The van der Waals surface area contributed by atoms with Gasteiger partial charge >= 0.3 is 6.03 Å². The quantitative estimate of drug-likeness (QED) is 0.737. The Morgan fingerprint density at radius 1 is 1.00 bits per heavy atom. The molecule has 0 aromatic heterocycles. The average molecular weight is 359 g/mol. The van der Waals surface area contributed by atoms with Crippen molar-refractivity contribution in [2.24, 2.45) is 5.92 Å². The lowest BCUT2D eigenvalue weighted by Crippen LogP contribution is -2.40. The number of nitrogens with zero attached hydrogens (tertiary/aromatic N) is 2. The molecule has 2 N–H and O–H groups in total. The van der Waals surface area contributed by atoms with E-state index in [-0.39, 0.29) is 6.03 Å². The Hall–Kier alpha value is -1.75. The van der Waals surface area contributed by atoms with Crippen LogP contribution in [0.5, 0.6) is 0 Å². The number of hydrogen-bond acceptors (Lipinski definition) is 3. The third kappa shape index (κ3) is 6.20. The minimum atomic E-state index is -0.0148. The lowest BCUT2D eigenvalue weighted by atomic mass is 10.1. The van der Waals surface area contributed by atoms with Crippen LogP contribution in [-0.4, -0.2) is 56.7 Å². The Kier molecular flexibility index (Phi) is 7.62. The van der Waals surface area contributed by atoms with Gasteiger partial charge in [-0.15, -0.1) is 0 Å². The first kappa shape index (κ1) is 19.0. The molecule has 2 heterocycles. The largest absolute Gasteiger partial charge is 0.371 e. The molecular weight excluding hydrogens is 324 g/mol. The van der Waals surface area contributed by atoms with Gasteiger partial charge in [0, 0.05) is 31.9 Å². The third-order valence-electron chi connectivity index (χ3n) is 5.59. The fraction of sp³-hybridized carbons (Fsp3) is 0.667. The number of carbonyl (C=O) groups excluding carboxylic acids is 1. The molecule has 1 aromatic rings. The van der Waals surface area contributed by atoms with E-state index in [1.165, 1.54) is 44.5 Å². The highest BCUT2D eigenvalue weighted by molar-refractivity contribution is 5.73. The highest BCUT2D eigenvalue weighted by atomic mass is 16.2. The highest BCUT2D eigenvalue weighted by Gasteiger charge is 2.22. The molecule has 0 radical (unpaired) electrons. The summed E-state index contributed by atoms with van der Waals surface area (Å²) >= 11 is 0. The Morgan fingerprint density at radius 3 is 2.54 bits per heavy atom. The van der Waals surface area contributed by atoms with Crippen LogP contribution >= 0.6 is 0 Å². The van der Waals surface area contributed by atoms with Crippen LogP contribution in [0.2, 0.25) is 0 Å². The first-order valence-electron chi connectivity index (χ1n) is 10.4. The minimum absolute atomic E-state index is 0.0148. The normalized spacial score (nSPS) is 21.4. The van der Waals surface area contributed by atoms with Crippen molar-refractivity contribution >= 4 is 11.7 Å². The summed E-state index contributed by atoms with van der Waals surface area (Å²) in [5.74, 6) is 0.540.